The number of nitrogens with one attached hydrogen (secondary N) is 1. The molecular formula is C20H20F3NO3. The number of aliphatic carboxylic acids is 1. The molecule has 0 aromatic heterocycles. The molecule has 0 unspecified atom stereocenters. The summed E-state index contributed by atoms with van der Waals surface area (Å²) in [6, 6.07) is 4.98. The Hall–Kier alpha value is -2.70. The van der Waals surface area contributed by atoms with Crippen LogP contribution in [-0.2, 0) is 11.2 Å². The third kappa shape index (κ3) is 4.02. The highest BCUT2D eigenvalue weighted by Crippen LogP contribution is 2.41. The monoisotopic (exact) mass is 379 g/mol. The van der Waals surface area contributed by atoms with E-state index in [2.05, 4.69) is 5.32 Å². The van der Waals surface area contributed by atoms with Gasteiger partial charge in [-0.15, -0.1) is 0 Å². The van der Waals surface area contributed by atoms with E-state index < -0.39 is 29.2 Å². The van der Waals surface area contributed by atoms with Crippen molar-refractivity contribution >= 4 is 11.7 Å². The summed E-state index contributed by atoms with van der Waals surface area (Å²) in [6.45, 7) is 3.79. The zero-order valence-corrected chi connectivity index (χ0v) is 15.0. The third-order valence-electron chi connectivity index (χ3n) is 4.42. The minimum atomic E-state index is -1.01. The van der Waals surface area contributed by atoms with Gasteiger partial charge in [0.15, 0.2) is 17.4 Å². The van der Waals surface area contributed by atoms with Crippen molar-refractivity contribution in [2.45, 2.75) is 38.6 Å². The lowest BCUT2D eigenvalue weighted by molar-refractivity contribution is -0.137. The van der Waals surface area contributed by atoms with Crippen LogP contribution in [0.3, 0.4) is 0 Å². The first-order valence-electron chi connectivity index (χ1n) is 8.61. The molecule has 0 atom stereocenters. The lowest BCUT2D eigenvalue weighted by atomic mass is 9.92. The fourth-order valence-corrected chi connectivity index (χ4v) is 3.32. The molecule has 0 fully saturated rings. The molecule has 2 aromatic carbocycles. The molecule has 2 aromatic rings. The Morgan fingerprint density at radius 3 is 2.48 bits per heavy atom. The number of hydrogen-bond acceptors (Lipinski definition) is 3. The SMILES string of the molecule is CC1(C)Cc2c(ccc(F)c2-c2cc(F)c(OCCCC(=O)O)c(F)c2)N1. The van der Waals surface area contributed by atoms with Gasteiger partial charge in [-0.1, -0.05) is 0 Å². The molecule has 2 N–H and O–H groups in total. The predicted octanol–water partition coefficient (Wildman–Crippen LogP) is 4.76. The second-order valence-corrected chi connectivity index (χ2v) is 7.25. The molecule has 1 heterocycles. The fraction of sp³-hybridized carbons (Fsp3) is 0.350. The van der Waals surface area contributed by atoms with E-state index in [1.807, 2.05) is 13.8 Å². The first-order valence-corrected chi connectivity index (χ1v) is 8.61. The topological polar surface area (TPSA) is 58.6 Å². The summed E-state index contributed by atoms with van der Waals surface area (Å²) in [4.78, 5) is 10.5. The highest BCUT2D eigenvalue weighted by atomic mass is 19.1. The number of fused-ring (bicyclic) bond motifs is 1. The van der Waals surface area contributed by atoms with E-state index >= 15 is 0 Å². The molecular weight excluding hydrogens is 359 g/mol. The van der Waals surface area contributed by atoms with Crippen LogP contribution in [0.1, 0.15) is 32.3 Å². The maximum atomic E-state index is 14.5. The number of ether oxygens (including phenoxy) is 1. The van der Waals surface area contributed by atoms with Crippen molar-refractivity contribution in [2.24, 2.45) is 0 Å². The number of anilines is 1. The van der Waals surface area contributed by atoms with Crippen LogP contribution in [0, 0.1) is 17.5 Å². The van der Waals surface area contributed by atoms with Gasteiger partial charge in [0.25, 0.3) is 0 Å². The predicted molar refractivity (Wildman–Crippen MR) is 95.5 cm³/mol. The lowest BCUT2D eigenvalue weighted by Gasteiger charge is -2.17. The summed E-state index contributed by atoms with van der Waals surface area (Å²) in [7, 11) is 0. The van der Waals surface area contributed by atoms with Crippen LogP contribution in [0.15, 0.2) is 24.3 Å². The van der Waals surface area contributed by atoms with Crippen LogP contribution < -0.4 is 10.1 Å². The molecule has 1 aliphatic heterocycles. The minimum absolute atomic E-state index is 0.0942. The number of halogens is 3. The van der Waals surface area contributed by atoms with Crippen LogP contribution in [-0.4, -0.2) is 23.2 Å². The molecule has 4 nitrogen and oxygen atoms in total. The maximum absolute atomic E-state index is 14.5. The van der Waals surface area contributed by atoms with Gasteiger partial charge in [0.05, 0.1) is 6.61 Å². The largest absolute Gasteiger partial charge is 0.488 e. The Labute approximate surface area is 155 Å². The Bertz CT molecular complexity index is 873. The Morgan fingerprint density at radius 1 is 1.19 bits per heavy atom. The van der Waals surface area contributed by atoms with Crippen molar-refractivity contribution in [2.75, 3.05) is 11.9 Å². The van der Waals surface area contributed by atoms with Gasteiger partial charge in [0.1, 0.15) is 5.82 Å². The molecule has 144 valence electrons. The molecule has 0 aliphatic carbocycles. The molecule has 0 saturated carbocycles. The quantitative estimate of drug-likeness (QED) is 0.711. The second-order valence-electron chi connectivity index (χ2n) is 7.25. The van der Waals surface area contributed by atoms with Gasteiger partial charge in [0, 0.05) is 23.2 Å². The van der Waals surface area contributed by atoms with Crippen LogP contribution >= 0.6 is 0 Å². The minimum Gasteiger partial charge on any atom is -0.488 e. The Balaban J connectivity index is 1.92. The van der Waals surface area contributed by atoms with Crippen molar-refractivity contribution in [1.82, 2.24) is 0 Å². The zero-order chi connectivity index (χ0) is 19.8. The molecule has 0 radical (unpaired) electrons. The smallest absolute Gasteiger partial charge is 0.303 e. The third-order valence-corrected chi connectivity index (χ3v) is 4.42. The summed E-state index contributed by atoms with van der Waals surface area (Å²) < 4.78 is 48.4. The number of rotatable bonds is 6. The van der Waals surface area contributed by atoms with Gasteiger partial charge in [-0.05, 0) is 62.1 Å². The molecule has 0 spiro atoms. The van der Waals surface area contributed by atoms with Gasteiger partial charge >= 0.3 is 5.97 Å². The first kappa shape index (κ1) is 19.1. The average molecular weight is 379 g/mol. The van der Waals surface area contributed by atoms with E-state index in [1.165, 1.54) is 6.07 Å². The van der Waals surface area contributed by atoms with Gasteiger partial charge in [-0.3, -0.25) is 4.79 Å². The van der Waals surface area contributed by atoms with Crippen molar-refractivity contribution in [3.63, 3.8) is 0 Å². The second kappa shape index (κ2) is 7.13. The summed E-state index contributed by atoms with van der Waals surface area (Å²) >= 11 is 0. The van der Waals surface area contributed by atoms with E-state index in [0.717, 1.165) is 17.8 Å². The van der Waals surface area contributed by atoms with Crippen molar-refractivity contribution in [1.29, 1.82) is 0 Å². The standard InChI is InChI=1S/C20H20F3NO3/c1-20(2)10-12-16(24-20)6-5-13(21)18(12)11-8-14(22)19(15(23)9-11)27-7-3-4-17(25)26/h5-6,8-9,24H,3-4,7,10H2,1-2H3,(H,25,26). The lowest BCUT2D eigenvalue weighted by Crippen LogP contribution is -2.27. The fourth-order valence-electron chi connectivity index (χ4n) is 3.32. The van der Waals surface area contributed by atoms with Crippen molar-refractivity contribution in [3.8, 4) is 16.9 Å². The molecule has 0 saturated heterocycles. The van der Waals surface area contributed by atoms with Crippen LogP contribution in [0.2, 0.25) is 0 Å². The van der Waals surface area contributed by atoms with Gasteiger partial charge in [-0.25, -0.2) is 13.2 Å². The Kier molecular flexibility index (Phi) is 5.04. The van der Waals surface area contributed by atoms with E-state index in [0.29, 0.717) is 12.0 Å². The van der Waals surface area contributed by atoms with Gasteiger partial charge in [-0.2, -0.15) is 0 Å². The molecule has 3 rings (SSSR count). The molecule has 0 bridgehead atoms. The average Bonchev–Trinajstić information content (AvgIpc) is 2.86. The van der Waals surface area contributed by atoms with Gasteiger partial charge < -0.3 is 15.2 Å². The van der Waals surface area contributed by atoms with Crippen LogP contribution in [0.4, 0.5) is 18.9 Å². The van der Waals surface area contributed by atoms with E-state index in [1.54, 1.807) is 6.07 Å². The normalized spacial score (nSPS) is 14.6. The summed E-state index contributed by atoms with van der Waals surface area (Å²) in [5, 5.41) is 11.8. The maximum Gasteiger partial charge on any atom is 0.303 e. The number of carboxylic acids is 1. The van der Waals surface area contributed by atoms with E-state index in [-0.39, 0.29) is 36.1 Å². The van der Waals surface area contributed by atoms with E-state index in [9.17, 15) is 18.0 Å². The molecule has 0 amide bonds. The number of carboxylic acid groups (broad SMARTS) is 1. The van der Waals surface area contributed by atoms with Crippen molar-refractivity contribution < 1.29 is 27.8 Å². The highest BCUT2D eigenvalue weighted by molar-refractivity contribution is 5.78. The Morgan fingerprint density at radius 2 is 1.85 bits per heavy atom. The summed E-state index contributed by atoms with van der Waals surface area (Å²) in [5.41, 5.74) is 1.40. The molecule has 7 heteroatoms. The first-order chi connectivity index (χ1) is 12.7. The van der Waals surface area contributed by atoms with Crippen LogP contribution in [0.5, 0.6) is 5.75 Å². The zero-order valence-electron chi connectivity index (χ0n) is 15.0. The van der Waals surface area contributed by atoms with Crippen molar-refractivity contribution in [3.05, 3.63) is 47.3 Å². The number of hydrogen-bond donors (Lipinski definition) is 2. The summed E-state index contributed by atoms with van der Waals surface area (Å²) in [5.74, 6) is -4.07. The highest BCUT2D eigenvalue weighted by Gasteiger charge is 2.31. The van der Waals surface area contributed by atoms with Crippen LogP contribution in [0.25, 0.3) is 11.1 Å². The van der Waals surface area contributed by atoms with E-state index in [4.69, 9.17) is 9.84 Å². The molecule has 1 aliphatic rings. The number of benzene rings is 2. The molecule has 27 heavy (non-hydrogen) atoms. The summed E-state index contributed by atoms with van der Waals surface area (Å²) in [6.07, 6.45) is 0.481. The van der Waals surface area contributed by atoms with Gasteiger partial charge in [0.2, 0.25) is 0 Å². The number of carbonyl (C=O) groups is 1.